The van der Waals surface area contributed by atoms with Gasteiger partial charge < -0.3 is 0 Å². The van der Waals surface area contributed by atoms with E-state index in [9.17, 15) is 0 Å². The third-order valence-electron chi connectivity index (χ3n) is 3.79. The molecule has 0 aliphatic carbocycles. The van der Waals surface area contributed by atoms with Crippen LogP contribution in [0.15, 0.2) is 48.5 Å². The summed E-state index contributed by atoms with van der Waals surface area (Å²) in [6.45, 7) is 0. The van der Waals surface area contributed by atoms with Gasteiger partial charge in [-0.1, -0.05) is 86.8 Å². The molecule has 0 radical (unpaired) electrons. The normalized spacial score (nSPS) is 10.8. The number of hydrogen-bond acceptors (Lipinski definition) is 0. The fourth-order valence-electron chi connectivity index (χ4n) is 2.43. The van der Waals surface area contributed by atoms with Crippen LogP contribution in [0, 0.1) is 0 Å². The molecule has 112 valence electrons. The van der Waals surface area contributed by atoms with E-state index >= 15 is 0 Å². The van der Waals surface area contributed by atoms with Crippen LogP contribution >= 0.6 is 31.9 Å². The van der Waals surface area contributed by atoms with Gasteiger partial charge in [-0.2, -0.15) is 0 Å². The molecule has 0 aliphatic rings. The SMILES string of the molecule is BrCc1ccc(CCCCCc2ccc(CBr)cc2)cc1. The molecule has 0 fully saturated rings. The minimum atomic E-state index is 0.946. The van der Waals surface area contributed by atoms with E-state index in [1.165, 1.54) is 54.4 Å². The Bertz CT molecular complexity index is 465. The lowest BCUT2D eigenvalue weighted by Gasteiger charge is -2.04. The van der Waals surface area contributed by atoms with Crippen LogP contribution in [0.2, 0.25) is 0 Å². The number of rotatable bonds is 8. The van der Waals surface area contributed by atoms with Crippen molar-refractivity contribution in [2.75, 3.05) is 0 Å². The molecule has 0 aliphatic heterocycles. The van der Waals surface area contributed by atoms with E-state index in [1.807, 2.05) is 0 Å². The van der Waals surface area contributed by atoms with Gasteiger partial charge >= 0.3 is 0 Å². The van der Waals surface area contributed by atoms with Gasteiger partial charge in [0.25, 0.3) is 0 Å². The Balaban J connectivity index is 1.64. The number of aryl methyl sites for hydroxylation is 2. The van der Waals surface area contributed by atoms with Crippen LogP contribution < -0.4 is 0 Å². The zero-order valence-corrected chi connectivity index (χ0v) is 15.5. The molecule has 2 aromatic rings. The molecule has 0 saturated carbocycles. The van der Waals surface area contributed by atoms with Crippen LogP contribution in [-0.2, 0) is 23.5 Å². The highest BCUT2D eigenvalue weighted by atomic mass is 79.9. The third kappa shape index (κ3) is 5.96. The van der Waals surface area contributed by atoms with Gasteiger partial charge in [0.15, 0.2) is 0 Å². The van der Waals surface area contributed by atoms with Gasteiger partial charge in [-0.3, -0.25) is 0 Å². The average molecular weight is 410 g/mol. The van der Waals surface area contributed by atoms with Crippen LogP contribution in [0.4, 0.5) is 0 Å². The highest BCUT2D eigenvalue weighted by Gasteiger charge is 1.97. The molecule has 0 bridgehead atoms. The van der Waals surface area contributed by atoms with E-state index < -0.39 is 0 Å². The smallest absolute Gasteiger partial charge is 0.0283 e. The summed E-state index contributed by atoms with van der Waals surface area (Å²) in [5.74, 6) is 0. The summed E-state index contributed by atoms with van der Waals surface area (Å²) in [6, 6.07) is 17.9. The molecular weight excluding hydrogens is 388 g/mol. The second-order valence-electron chi connectivity index (χ2n) is 5.46. The maximum absolute atomic E-state index is 3.48. The molecule has 0 N–H and O–H groups in total. The van der Waals surface area contributed by atoms with Crippen molar-refractivity contribution >= 4 is 31.9 Å². The van der Waals surface area contributed by atoms with E-state index in [0.29, 0.717) is 0 Å². The van der Waals surface area contributed by atoms with Gasteiger partial charge in [0.1, 0.15) is 0 Å². The highest BCUT2D eigenvalue weighted by molar-refractivity contribution is 9.08. The number of benzene rings is 2. The van der Waals surface area contributed by atoms with Gasteiger partial charge in [-0.25, -0.2) is 0 Å². The van der Waals surface area contributed by atoms with Crippen molar-refractivity contribution in [3.63, 3.8) is 0 Å². The lowest BCUT2D eigenvalue weighted by Crippen LogP contribution is -1.90. The molecule has 0 unspecified atom stereocenters. The molecule has 0 aromatic heterocycles. The van der Waals surface area contributed by atoms with Crippen molar-refractivity contribution in [2.45, 2.75) is 42.8 Å². The Hall–Kier alpha value is -0.600. The molecule has 0 amide bonds. The van der Waals surface area contributed by atoms with E-state index in [4.69, 9.17) is 0 Å². The fraction of sp³-hybridized carbons (Fsp3) is 0.368. The third-order valence-corrected chi connectivity index (χ3v) is 5.08. The Morgan fingerprint density at radius 1 is 0.476 bits per heavy atom. The summed E-state index contributed by atoms with van der Waals surface area (Å²) in [6.07, 6.45) is 6.27. The van der Waals surface area contributed by atoms with Gasteiger partial charge in [-0.05, 0) is 47.9 Å². The Labute approximate surface area is 145 Å². The van der Waals surface area contributed by atoms with Crippen LogP contribution in [0.1, 0.15) is 41.5 Å². The van der Waals surface area contributed by atoms with Crippen molar-refractivity contribution in [2.24, 2.45) is 0 Å². The summed E-state index contributed by atoms with van der Waals surface area (Å²) >= 11 is 6.97. The van der Waals surface area contributed by atoms with Gasteiger partial charge in [-0.15, -0.1) is 0 Å². The Kier molecular flexibility index (Phi) is 7.52. The Morgan fingerprint density at radius 3 is 1.14 bits per heavy atom. The quantitative estimate of drug-likeness (QED) is 0.348. The van der Waals surface area contributed by atoms with Crippen molar-refractivity contribution in [3.05, 3.63) is 70.8 Å². The van der Waals surface area contributed by atoms with E-state index in [0.717, 1.165) is 10.7 Å². The van der Waals surface area contributed by atoms with Crippen molar-refractivity contribution in [1.82, 2.24) is 0 Å². The first kappa shape index (κ1) is 16.8. The molecule has 0 atom stereocenters. The number of hydrogen-bond donors (Lipinski definition) is 0. The number of halogens is 2. The van der Waals surface area contributed by atoms with Crippen molar-refractivity contribution in [3.8, 4) is 0 Å². The summed E-state index contributed by atoms with van der Waals surface area (Å²) in [5.41, 5.74) is 5.62. The minimum Gasteiger partial charge on any atom is -0.0876 e. The van der Waals surface area contributed by atoms with Crippen LogP contribution in [0.25, 0.3) is 0 Å². The fourth-order valence-corrected chi connectivity index (χ4v) is 3.17. The van der Waals surface area contributed by atoms with Crippen LogP contribution in [-0.4, -0.2) is 0 Å². The maximum Gasteiger partial charge on any atom is 0.0283 e. The maximum atomic E-state index is 3.48. The average Bonchev–Trinajstić information content (AvgIpc) is 2.55. The van der Waals surface area contributed by atoms with Gasteiger partial charge in [0.05, 0.1) is 0 Å². The zero-order chi connectivity index (χ0) is 14.9. The molecule has 0 spiro atoms. The minimum absolute atomic E-state index is 0.946. The molecular formula is C19H22Br2. The highest BCUT2D eigenvalue weighted by Crippen LogP contribution is 2.13. The predicted molar refractivity (Wildman–Crippen MR) is 99.4 cm³/mol. The van der Waals surface area contributed by atoms with Gasteiger partial charge in [0, 0.05) is 10.7 Å². The van der Waals surface area contributed by atoms with Crippen LogP contribution in [0.3, 0.4) is 0 Å². The summed E-state index contributed by atoms with van der Waals surface area (Å²) in [7, 11) is 0. The standard InChI is InChI=1S/C19H22Br2/c20-14-18-10-6-16(7-11-18)4-2-1-3-5-17-8-12-19(15-21)13-9-17/h6-13H,1-5,14-15H2. The molecule has 2 rings (SSSR count). The Morgan fingerprint density at radius 2 is 0.810 bits per heavy atom. The molecule has 2 aromatic carbocycles. The lowest BCUT2D eigenvalue weighted by molar-refractivity contribution is 0.678. The van der Waals surface area contributed by atoms with Crippen molar-refractivity contribution in [1.29, 1.82) is 0 Å². The van der Waals surface area contributed by atoms with Gasteiger partial charge in [0.2, 0.25) is 0 Å². The number of unbranched alkanes of at least 4 members (excludes halogenated alkanes) is 2. The zero-order valence-electron chi connectivity index (χ0n) is 12.3. The lowest BCUT2D eigenvalue weighted by atomic mass is 10.0. The molecule has 0 nitrogen and oxygen atoms in total. The first-order valence-electron chi connectivity index (χ1n) is 7.59. The monoisotopic (exact) mass is 408 g/mol. The molecule has 2 heteroatoms. The van der Waals surface area contributed by atoms with Crippen LogP contribution in [0.5, 0.6) is 0 Å². The molecule has 0 heterocycles. The van der Waals surface area contributed by atoms with E-state index in [2.05, 4.69) is 80.4 Å². The second kappa shape index (κ2) is 9.42. The first-order valence-corrected chi connectivity index (χ1v) is 9.83. The molecule has 21 heavy (non-hydrogen) atoms. The summed E-state index contributed by atoms with van der Waals surface area (Å²) in [4.78, 5) is 0. The van der Waals surface area contributed by atoms with E-state index in [-0.39, 0.29) is 0 Å². The van der Waals surface area contributed by atoms with Crippen molar-refractivity contribution < 1.29 is 0 Å². The number of alkyl halides is 2. The largest absolute Gasteiger partial charge is 0.0876 e. The van der Waals surface area contributed by atoms with E-state index in [1.54, 1.807) is 0 Å². The summed E-state index contributed by atoms with van der Waals surface area (Å²) < 4.78 is 0. The topological polar surface area (TPSA) is 0 Å². The predicted octanol–water partition coefficient (Wildman–Crippen LogP) is 6.43. The summed E-state index contributed by atoms with van der Waals surface area (Å²) in [5, 5.41) is 1.89. The second-order valence-corrected chi connectivity index (χ2v) is 6.58. The molecule has 0 saturated heterocycles. The first-order chi connectivity index (χ1) is 10.3.